The standard InChI is InChI=1S/C21H25ClN4O5/c1-12-18(21(29)31-9-8-30-3)13(2)24-19(12)20(28)25-14-4-5-16(15(22)10-14)26-7-6-23-17(27)11-26/h4-5,10,24H,6-9,11H2,1-3H3,(H,23,27)(H,25,28). The number of amides is 2. The fourth-order valence-corrected chi connectivity index (χ4v) is 3.75. The Hall–Kier alpha value is -3.04. The average Bonchev–Trinajstić information content (AvgIpc) is 3.02. The summed E-state index contributed by atoms with van der Waals surface area (Å²) in [5, 5.41) is 5.98. The quantitative estimate of drug-likeness (QED) is 0.442. The van der Waals surface area contributed by atoms with Gasteiger partial charge in [0, 0.05) is 31.6 Å². The molecule has 1 saturated heterocycles. The molecule has 1 aliphatic heterocycles. The van der Waals surface area contributed by atoms with Gasteiger partial charge in [0.25, 0.3) is 5.91 Å². The molecule has 31 heavy (non-hydrogen) atoms. The molecule has 3 rings (SSSR count). The van der Waals surface area contributed by atoms with E-state index in [1.54, 1.807) is 32.0 Å². The van der Waals surface area contributed by atoms with E-state index in [9.17, 15) is 14.4 Å². The van der Waals surface area contributed by atoms with Gasteiger partial charge in [-0.25, -0.2) is 4.79 Å². The molecule has 166 valence electrons. The number of methoxy groups -OCH3 is 1. The van der Waals surface area contributed by atoms with Gasteiger partial charge in [-0.15, -0.1) is 0 Å². The first-order valence-corrected chi connectivity index (χ1v) is 10.2. The first-order valence-electron chi connectivity index (χ1n) is 9.79. The van der Waals surface area contributed by atoms with E-state index in [0.29, 0.717) is 47.2 Å². The van der Waals surface area contributed by atoms with Crippen LogP contribution in [-0.2, 0) is 14.3 Å². The number of rotatable bonds is 7. The molecule has 2 heterocycles. The van der Waals surface area contributed by atoms with Gasteiger partial charge in [-0.3, -0.25) is 9.59 Å². The van der Waals surface area contributed by atoms with Crippen molar-refractivity contribution in [3.8, 4) is 0 Å². The van der Waals surface area contributed by atoms with Gasteiger partial charge >= 0.3 is 5.97 Å². The number of nitrogens with zero attached hydrogens (tertiary/aromatic N) is 1. The number of anilines is 2. The van der Waals surface area contributed by atoms with E-state index in [4.69, 9.17) is 21.1 Å². The highest BCUT2D eigenvalue weighted by molar-refractivity contribution is 6.33. The molecule has 1 aliphatic rings. The molecule has 9 nitrogen and oxygen atoms in total. The van der Waals surface area contributed by atoms with Crippen LogP contribution >= 0.6 is 11.6 Å². The van der Waals surface area contributed by atoms with Crippen LogP contribution in [0.5, 0.6) is 0 Å². The number of aryl methyl sites for hydroxylation is 1. The summed E-state index contributed by atoms with van der Waals surface area (Å²) in [6.07, 6.45) is 0. The van der Waals surface area contributed by atoms with E-state index in [1.165, 1.54) is 7.11 Å². The minimum Gasteiger partial charge on any atom is -0.460 e. The first kappa shape index (κ1) is 22.6. The third kappa shape index (κ3) is 5.18. The largest absolute Gasteiger partial charge is 0.460 e. The predicted octanol–water partition coefficient (Wildman–Crippen LogP) is 2.28. The number of nitrogens with one attached hydrogen (secondary N) is 3. The van der Waals surface area contributed by atoms with Crippen molar-refractivity contribution in [3.05, 3.63) is 45.7 Å². The molecular weight excluding hydrogens is 424 g/mol. The Morgan fingerprint density at radius 2 is 2.03 bits per heavy atom. The lowest BCUT2D eigenvalue weighted by Crippen LogP contribution is -2.47. The number of benzene rings is 1. The number of carbonyl (C=O) groups is 3. The Balaban J connectivity index is 1.73. The monoisotopic (exact) mass is 448 g/mol. The molecule has 1 aromatic carbocycles. The maximum Gasteiger partial charge on any atom is 0.340 e. The van der Waals surface area contributed by atoms with Crippen LogP contribution in [0.2, 0.25) is 5.02 Å². The van der Waals surface area contributed by atoms with Crippen LogP contribution < -0.4 is 15.5 Å². The van der Waals surface area contributed by atoms with Crippen molar-refractivity contribution >= 4 is 40.8 Å². The van der Waals surface area contributed by atoms with Gasteiger partial charge in [-0.2, -0.15) is 0 Å². The van der Waals surface area contributed by atoms with Crippen molar-refractivity contribution in [2.24, 2.45) is 0 Å². The van der Waals surface area contributed by atoms with Gasteiger partial charge in [-0.05, 0) is 37.6 Å². The molecule has 10 heteroatoms. The van der Waals surface area contributed by atoms with Crippen molar-refractivity contribution in [1.82, 2.24) is 10.3 Å². The molecule has 0 saturated carbocycles. The number of esters is 1. The fourth-order valence-electron chi connectivity index (χ4n) is 3.45. The highest BCUT2D eigenvalue weighted by Crippen LogP contribution is 2.30. The highest BCUT2D eigenvalue weighted by atomic mass is 35.5. The Kier molecular flexibility index (Phi) is 7.19. The van der Waals surface area contributed by atoms with Crippen LogP contribution in [0, 0.1) is 13.8 Å². The van der Waals surface area contributed by atoms with Gasteiger partial charge in [0.2, 0.25) is 5.91 Å². The van der Waals surface area contributed by atoms with Crippen molar-refractivity contribution < 1.29 is 23.9 Å². The molecule has 1 aromatic heterocycles. The summed E-state index contributed by atoms with van der Waals surface area (Å²) in [5.74, 6) is -0.980. The lowest BCUT2D eigenvalue weighted by Gasteiger charge is -2.29. The SMILES string of the molecule is COCCOC(=O)c1c(C)[nH]c(C(=O)Nc2ccc(N3CCNC(=O)C3)c(Cl)c2)c1C. The zero-order valence-electron chi connectivity index (χ0n) is 17.6. The topological polar surface area (TPSA) is 113 Å². The predicted molar refractivity (Wildman–Crippen MR) is 117 cm³/mol. The van der Waals surface area contributed by atoms with E-state index in [2.05, 4.69) is 15.6 Å². The summed E-state index contributed by atoms with van der Waals surface area (Å²) < 4.78 is 10.0. The normalized spacial score (nSPS) is 13.7. The molecule has 0 spiro atoms. The Labute approximate surface area is 185 Å². The Morgan fingerprint density at radius 1 is 1.26 bits per heavy atom. The van der Waals surface area contributed by atoms with Crippen molar-refractivity contribution in [2.45, 2.75) is 13.8 Å². The van der Waals surface area contributed by atoms with Crippen LogP contribution in [-0.4, -0.2) is 62.7 Å². The number of hydrogen-bond donors (Lipinski definition) is 3. The van der Waals surface area contributed by atoms with E-state index in [1.807, 2.05) is 4.90 Å². The number of H-pyrrole nitrogens is 1. The lowest BCUT2D eigenvalue weighted by atomic mass is 10.1. The van der Waals surface area contributed by atoms with Crippen molar-refractivity contribution in [1.29, 1.82) is 0 Å². The molecular formula is C21H25ClN4O5. The average molecular weight is 449 g/mol. The van der Waals surface area contributed by atoms with Gasteiger partial charge in [0.05, 0.1) is 29.4 Å². The molecule has 2 aromatic rings. The number of carbonyl (C=O) groups excluding carboxylic acids is 3. The highest BCUT2D eigenvalue weighted by Gasteiger charge is 2.24. The fraction of sp³-hybridized carbons (Fsp3) is 0.381. The zero-order valence-corrected chi connectivity index (χ0v) is 18.4. The minimum atomic E-state index is -0.514. The maximum atomic E-state index is 12.8. The number of halogens is 1. The molecule has 0 aliphatic carbocycles. The van der Waals surface area contributed by atoms with E-state index < -0.39 is 11.9 Å². The second-order valence-electron chi connectivity index (χ2n) is 7.15. The molecule has 0 atom stereocenters. The zero-order chi connectivity index (χ0) is 22.5. The second kappa shape index (κ2) is 9.84. The van der Waals surface area contributed by atoms with E-state index in [0.717, 1.165) is 5.69 Å². The molecule has 0 unspecified atom stereocenters. The van der Waals surface area contributed by atoms with Crippen LogP contribution in [0.15, 0.2) is 18.2 Å². The number of hydrogen-bond acceptors (Lipinski definition) is 6. The second-order valence-corrected chi connectivity index (χ2v) is 7.55. The Morgan fingerprint density at radius 3 is 2.71 bits per heavy atom. The van der Waals surface area contributed by atoms with E-state index >= 15 is 0 Å². The number of aromatic amines is 1. The third-order valence-electron chi connectivity index (χ3n) is 4.97. The van der Waals surface area contributed by atoms with Gasteiger partial charge < -0.3 is 30.0 Å². The van der Waals surface area contributed by atoms with Gasteiger partial charge in [0.15, 0.2) is 0 Å². The molecule has 1 fully saturated rings. The third-order valence-corrected chi connectivity index (χ3v) is 5.28. The van der Waals surface area contributed by atoms with Gasteiger partial charge in [0.1, 0.15) is 12.3 Å². The van der Waals surface area contributed by atoms with Crippen molar-refractivity contribution in [2.75, 3.05) is 50.2 Å². The maximum absolute atomic E-state index is 12.8. The summed E-state index contributed by atoms with van der Waals surface area (Å²) in [5.41, 5.74) is 2.86. The lowest BCUT2D eigenvalue weighted by molar-refractivity contribution is -0.120. The van der Waals surface area contributed by atoms with E-state index in [-0.39, 0.29) is 24.8 Å². The van der Waals surface area contributed by atoms with Crippen LogP contribution in [0.4, 0.5) is 11.4 Å². The van der Waals surface area contributed by atoms with Crippen LogP contribution in [0.1, 0.15) is 32.1 Å². The summed E-state index contributed by atoms with van der Waals surface area (Å²) in [6.45, 7) is 5.25. The van der Waals surface area contributed by atoms with Crippen LogP contribution in [0.3, 0.4) is 0 Å². The minimum absolute atomic E-state index is 0.0613. The number of ether oxygens (including phenoxy) is 2. The van der Waals surface area contributed by atoms with Crippen LogP contribution in [0.25, 0.3) is 0 Å². The van der Waals surface area contributed by atoms with Gasteiger partial charge in [-0.1, -0.05) is 11.6 Å². The molecule has 0 bridgehead atoms. The smallest absolute Gasteiger partial charge is 0.340 e. The number of aromatic nitrogens is 1. The van der Waals surface area contributed by atoms with Crippen molar-refractivity contribution in [3.63, 3.8) is 0 Å². The Bertz CT molecular complexity index is 1000. The summed E-state index contributed by atoms with van der Waals surface area (Å²) in [4.78, 5) is 41.6. The molecule has 0 radical (unpaired) electrons. The summed E-state index contributed by atoms with van der Waals surface area (Å²) >= 11 is 6.40. The summed E-state index contributed by atoms with van der Waals surface area (Å²) in [6, 6.07) is 5.12. The first-order chi connectivity index (χ1) is 14.8. The number of piperazine rings is 1. The molecule has 2 amide bonds. The molecule has 3 N–H and O–H groups in total. The summed E-state index contributed by atoms with van der Waals surface area (Å²) in [7, 11) is 1.52.